The van der Waals surface area contributed by atoms with E-state index in [4.69, 9.17) is 5.73 Å². The van der Waals surface area contributed by atoms with E-state index < -0.39 is 17.2 Å². The van der Waals surface area contributed by atoms with Crippen LogP contribution in [0.2, 0.25) is 0 Å². The number of fused-ring (bicyclic) bond motifs is 1. The minimum absolute atomic E-state index is 0.0116. The summed E-state index contributed by atoms with van der Waals surface area (Å²) in [4.78, 5) is 46.5. The van der Waals surface area contributed by atoms with Crippen LogP contribution in [-0.4, -0.2) is 31.4 Å². The quantitative estimate of drug-likeness (QED) is 0.616. The van der Waals surface area contributed by atoms with Crippen molar-refractivity contribution in [1.29, 1.82) is 0 Å². The third-order valence-electron chi connectivity index (χ3n) is 4.93. The molecule has 3 N–H and O–H groups in total. The zero-order valence-electron chi connectivity index (χ0n) is 17.8. The van der Waals surface area contributed by atoms with Gasteiger partial charge >= 0.3 is 5.69 Å². The lowest BCUT2D eigenvalue weighted by Crippen LogP contribution is -2.42. The van der Waals surface area contributed by atoms with E-state index in [1.54, 1.807) is 6.20 Å². The Morgan fingerprint density at radius 3 is 2.67 bits per heavy atom. The maximum atomic E-state index is 13.4. The summed E-state index contributed by atoms with van der Waals surface area (Å²) in [6.45, 7) is 8.41. The van der Waals surface area contributed by atoms with Crippen LogP contribution in [0.3, 0.4) is 0 Å². The molecule has 3 heterocycles. The highest BCUT2D eigenvalue weighted by Gasteiger charge is 2.27. The summed E-state index contributed by atoms with van der Waals surface area (Å²) in [6, 6.07) is 5.59. The second-order valence-corrected chi connectivity index (χ2v) is 7.83. The largest absolute Gasteiger partial charge is 0.383 e. The number of nitrogens with one attached hydrogen (secondary N) is 1. The third kappa shape index (κ3) is 4.00. The summed E-state index contributed by atoms with van der Waals surface area (Å²) in [5.41, 5.74) is 6.75. The zero-order valence-corrected chi connectivity index (χ0v) is 17.8. The number of carbonyl (C=O) groups excluding carboxylic acids is 1. The van der Waals surface area contributed by atoms with Crippen LogP contribution >= 0.6 is 0 Å². The summed E-state index contributed by atoms with van der Waals surface area (Å²) in [6.07, 6.45) is 3.14. The second kappa shape index (κ2) is 8.56. The Balaban J connectivity index is 2.14. The van der Waals surface area contributed by atoms with Crippen molar-refractivity contribution in [3.63, 3.8) is 0 Å². The minimum Gasteiger partial charge on any atom is -0.383 e. The van der Waals surface area contributed by atoms with E-state index in [0.717, 1.165) is 12.1 Å². The molecule has 0 fully saturated rings. The van der Waals surface area contributed by atoms with Crippen LogP contribution in [0.1, 0.15) is 49.8 Å². The average molecular weight is 412 g/mol. The van der Waals surface area contributed by atoms with Crippen molar-refractivity contribution in [3.05, 3.63) is 56.6 Å². The molecule has 0 spiro atoms. The Kier molecular flexibility index (Phi) is 6.09. The van der Waals surface area contributed by atoms with Crippen LogP contribution in [0.5, 0.6) is 0 Å². The summed E-state index contributed by atoms with van der Waals surface area (Å²) in [7, 11) is 0. The number of rotatable bonds is 7. The van der Waals surface area contributed by atoms with Gasteiger partial charge in [0, 0.05) is 25.0 Å². The van der Waals surface area contributed by atoms with Crippen LogP contribution in [0.4, 0.5) is 11.5 Å². The van der Waals surface area contributed by atoms with Crippen molar-refractivity contribution in [2.24, 2.45) is 5.92 Å². The summed E-state index contributed by atoms with van der Waals surface area (Å²) in [5, 5.41) is 0. The molecule has 9 heteroatoms. The first-order chi connectivity index (χ1) is 14.2. The van der Waals surface area contributed by atoms with Gasteiger partial charge < -0.3 is 10.1 Å². The van der Waals surface area contributed by atoms with Gasteiger partial charge in [0.25, 0.3) is 11.5 Å². The molecule has 0 aliphatic heterocycles. The van der Waals surface area contributed by atoms with Crippen LogP contribution < -0.4 is 21.9 Å². The molecule has 0 radical (unpaired) electrons. The number of anilines is 2. The predicted molar refractivity (Wildman–Crippen MR) is 117 cm³/mol. The number of H-pyrrole nitrogens is 1. The van der Waals surface area contributed by atoms with E-state index in [-0.39, 0.29) is 29.7 Å². The van der Waals surface area contributed by atoms with Crippen molar-refractivity contribution in [2.75, 3.05) is 17.2 Å². The molecule has 0 aliphatic carbocycles. The highest BCUT2D eigenvalue weighted by molar-refractivity contribution is 6.06. The number of amides is 1. The molecule has 3 aromatic rings. The van der Waals surface area contributed by atoms with Gasteiger partial charge in [-0.25, -0.2) is 9.78 Å². The lowest BCUT2D eigenvalue weighted by Gasteiger charge is -2.24. The SMILES string of the molecule is CCCCN(C(=O)c1cn2c(C)cccc2n1)c1c(N)n(CC(C)C)c(=O)[nH]c1=O. The third-order valence-corrected chi connectivity index (χ3v) is 4.93. The molecule has 30 heavy (non-hydrogen) atoms. The molecule has 0 unspecified atom stereocenters. The van der Waals surface area contributed by atoms with Gasteiger partial charge in [-0.1, -0.05) is 33.3 Å². The molecule has 1 amide bonds. The first-order valence-corrected chi connectivity index (χ1v) is 10.1. The van der Waals surface area contributed by atoms with Crippen LogP contribution in [0.15, 0.2) is 34.0 Å². The number of hydrogen-bond donors (Lipinski definition) is 2. The highest BCUT2D eigenvalue weighted by atomic mass is 16.2. The standard InChI is InChI=1S/C21H28N6O3/c1-5-6-10-25(17-18(22)27(11-13(2)3)21(30)24-19(17)28)20(29)15-12-26-14(4)8-7-9-16(26)23-15/h7-9,12-13H,5-6,10-11,22H2,1-4H3,(H,24,28,30). The van der Waals surface area contributed by atoms with Crippen molar-refractivity contribution in [1.82, 2.24) is 18.9 Å². The average Bonchev–Trinajstić information content (AvgIpc) is 3.12. The number of aryl methyl sites for hydroxylation is 1. The maximum Gasteiger partial charge on any atom is 0.330 e. The maximum absolute atomic E-state index is 13.4. The fraction of sp³-hybridized carbons (Fsp3) is 0.429. The van der Waals surface area contributed by atoms with E-state index in [1.165, 1.54) is 9.47 Å². The van der Waals surface area contributed by atoms with E-state index >= 15 is 0 Å². The van der Waals surface area contributed by atoms with Gasteiger partial charge in [-0.2, -0.15) is 0 Å². The van der Waals surface area contributed by atoms with Crippen molar-refractivity contribution >= 4 is 23.1 Å². The summed E-state index contributed by atoms with van der Waals surface area (Å²) >= 11 is 0. The lowest BCUT2D eigenvalue weighted by atomic mass is 10.2. The summed E-state index contributed by atoms with van der Waals surface area (Å²) < 4.78 is 3.12. The molecule has 0 saturated heterocycles. The second-order valence-electron chi connectivity index (χ2n) is 7.83. The molecule has 3 rings (SSSR count). The number of unbranched alkanes of at least 4 members (excludes halogenated alkanes) is 1. The number of carbonyl (C=O) groups is 1. The molecule has 0 atom stereocenters. The molecule has 0 bridgehead atoms. The van der Waals surface area contributed by atoms with Crippen LogP contribution in [0, 0.1) is 12.8 Å². The van der Waals surface area contributed by atoms with Crippen molar-refractivity contribution < 1.29 is 4.79 Å². The number of nitrogen functional groups attached to an aromatic ring is 1. The van der Waals surface area contributed by atoms with Gasteiger partial charge in [-0.3, -0.25) is 24.0 Å². The van der Waals surface area contributed by atoms with Gasteiger partial charge in [0.2, 0.25) is 0 Å². The smallest absolute Gasteiger partial charge is 0.330 e. The molecular formula is C21H28N6O3. The highest BCUT2D eigenvalue weighted by Crippen LogP contribution is 2.21. The first-order valence-electron chi connectivity index (χ1n) is 10.1. The van der Waals surface area contributed by atoms with E-state index in [1.807, 2.05) is 50.3 Å². The van der Waals surface area contributed by atoms with Gasteiger partial charge in [0.15, 0.2) is 5.69 Å². The number of pyridine rings is 1. The molecule has 0 saturated carbocycles. The van der Waals surface area contributed by atoms with Crippen molar-refractivity contribution in [2.45, 2.75) is 47.1 Å². The predicted octanol–water partition coefficient (Wildman–Crippen LogP) is 2.18. The molecular weight excluding hydrogens is 384 g/mol. The van der Waals surface area contributed by atoms with E-state index in [9.17, 15) is 14.4 Å². The molecule has 9 nitrogen and oxygen atoms in total. The van der Waals surface area contributed by atoms with Gasteiger partial charge in [-0.05, 0) is 31.4 Å². The fourth-order valence-corrected chi connectivity index (χ4v) is 3.41. The number of imidazole rings is 1. The zero-order chi connectivity index (χ0) is 22.0. The molecule has 3 aromatic heterocycles. The number of aromatic nitrogens is 4. The van der Waals surface area contributed by atoms with E-state index in [0.29, 0.717) is 18.6 Å². The Hall–Kier alpha value is -3.36. The Morgan fingerprint density at radius 2 is 2.03 bits per heavy atom. The molecule has 0 aliphatic rings. The van der Waals surface area contributed by atoms with Gasteiger partial charge in [0.1, 0.15) is 17.2 Å². The molecule has 0 aromatic carbocycles. The molecule has 160 valence electrons. The Bertz CT molecular complexity index is 1190. The number of aromatic amines is 1. The number of nitrogens with zero attached hydrogens (tertiary/aromatic N) is 4. The number of hydrogen-bond acceptors (Lipinski definition) is 5. The lowest BCUT2D eigenvalue weighted by molar-refractivity contribution is 0.0982. The summed E-state index contributed by atoms with van der Waals surface area (Å²) in [5.74, 6) is -0.315. The van der Waals surface area contributed by atoms with Gasteiger partial charge in [0.05, 0.1) is 0 Å². The van der Waals surface area contributed by atoms with Crippen LogP contribution in [0.25, 0.3) is 5.65 Å². The van der Waals surface area contributed by atoms with Crippen LogP contribution in [-0.2, 0) is 6.54 Å². The van der Waals surface area contributed by atoms with Crippen molar-refractivity contribution in [3.8, 4) is 0 Å². The minimum atomic E-state index is -0.679. The number of nitrogens with two attached hydrogens (primary N) is 1. The van der Waals surface area contributed by atoms with E-state index in [2.05, 4.69) is 9.97 Å². The fourth-order valence-electron chi connectivity index (χ4n) is 3.41. The topological polar surface area (TPSA) is 118 Å². The Labute approximate surface area is 174 Å². The first kappa shape index (κ1) is 21.4. The van der Waals surface area contributed by atoms with Gasteiger partial charge in [-0.15, -0.1) is 0 Å². The normalized spacial score (nSPS) is 11.4. The monoisotopic (exact) mass is 412 g/mol. The Morgan fingerprint density at radius 1 is 1.30 bits per heavy atom.